The van der Waals surface area contributed by atoms with E-state index in [1.54, 1.807) is 0 Å². The van der Waals surface area contributed by atoms with Crippen LogP contribution in [0.1, 0.15) is 43.4 Å². The van der Waals surface area contributed by atoms with E-state index in [0.29, 0.717) is 24.5 Å². The molecule has 1 atom stereocenters. The lowest BCUT2D eigenvalue weighted by molar-refractivity contribution is -0.119. The molecule has 0 aliphatic carbocycles. The third-order valence-electron chi connectivity index (χ3n) is 3.25. The maximum atomic E-state index is 11.8. The van der Waals surface area contributed by atoms with Crippen molar-refractivity contribution in [1.82, 2.24) is 0 Å². The molecule has 0 amide bonds. The van der Waals surface area contributed by atoms with Crippen LogP contribution in [0.3, 0.4) is 0 Å². The van der Waals surface area contributed by atoms with Crippen molar-refractivity contribution in [2.45, 2.75) is 47.0 Å². The molecule has 0 saturated heterocycles. The zero-order valence-electron chi connectivity index (χ0n) is 10.8. The lowest BCUT2D eigenvalue weighted by Crippen LogP contribution is -2.08. The van der Waals surface area contributed by atoms with Crippen molar-refractivity contribution in [3.8, 4) is 0 Å². The Balaban J connectivity index is 2.59. The van der Waals surface area contributed by atoms with E-state index >= 15 is 0 Å². The minimum absolute atomic E-state index is 0.359. The summed E-state index contributed by atoms with van der Waals surface area (Å²) in [6.45, 7) is 8.46. The molecule has 0 heterocycles. The third kappa shape index (κ3) is 3.80. The van der Waals surface area contributed by atoms with E-state index in [9.17, 15) is 4.79 Å². The molecule has 1 aromatic carbocycles. The molecule has 1 unspecified atom stereocenters. The topological polar surface area (TPSA) is 17.1 Å². The number of hydrogen-bond acceptors (Lipinski definition) is 1. The van der Waals surface area contributed by atoms with E-state index < -0.39 is 0 Å². The molecule has 0 bridgehead atoms. The van der Waals surface area contributed by atoms with E-state index in [1.807, 2.05) is 0 Å². The Labute approximate surface area is 98.9 Å². The van der Waals surface area contributed by atoms with Gasteiger partial charge in [-0.25, -0.2) is 0 Å². The van der Waals surface area contributed by atoms with Crippen molar-refractivity contribution in [1.29, 1.82) is 0 Å². The summed E-state index contributed by atoms with van der Waals surface area (Å²) in [5.74, 6) is 0.872. The van der Waals surface area contributed by atoms with E-state index in [-0.39, 0.29) is 0 Å². The van der Waals surface area contributed by atoms with Crippen molar-refractivity contribution < 1.29 is 4.79 Å². The number of benzene rings is 1. The molecule has 0 saturated carbocycles. The third-order valence-corrected chi connectivity index (χ3v) is 3.25. The second-order valence-electron chi connectivity index (χ2n) is 4.85. The van der Waals surface area contributed by atoms with Crippen LogP contribution in [0.4, 0.5) is 0 Å². The van der Waals surface area contributed by atoms with Crippen molar-refractivity contribution in [3.05, 3.63) is 34.9 Å². The van der Waals surface area contributed by atoms with Gasteiger partial charge in [-0.15, -0.1) is 0 Å². The maximum absolute atomic E-state index is 11.8. The van der Waals surface area contributed by atoms with Crippen LogP contribution in [0.5, 0.6) is 0 Å². The smallest absolute Gasteiger partial charge is 0.137 e. The molecule has 1 heteroatoms. The normalized spacial score (nSPS) is 12.5. The Kier molecular flexibility index (Phi) is 4.72. The molecular weight excluding hydrogens is 196 g/mol. The van der Waals surface area contributed by atoms with Gasteiger partial charge in [0.05, 0.1) is 0 Å². The highest BCUT2D eigenvalue weighted by Gasteiger charge is 2.08. The highest BCUT2D eigenvalue weighted by molar-refractivity contribution is 5.81. The number of ketones is 1. The summed E-state index contributed by atoms with van der Waals surface area (Å²) in [4.78, 5) is 11.8. The summed E-state index contributed by atoms with van der Waals surface area (Å²) in [6.07, 6.45) is 2.38. The maximum Gasteiger partial charge on any atom is 0.137 e. The van der Waals surface area contributed by atoms with Crippen LogP contribution in [-0.4, -0.2) is 5.78 Å². The summed E-state index contributed by atoms with van der Waals surface area (Å²) in [5.41, 5.74) is 3.71. The molecule has 0 radical (unpaired) electrons. The largest absolute Gasteiger partial charge is 0.299 e. The van der Waals surface area contributed by atoms with Gasteiger partial charge in [-0.1, -0.05) is 38.5 Å². The van der Waals surface area contributed by atoms with Gasteiger partial charge in [0.25, 0.3) is 0 Å². The van der Waals surface area contributed by atoms with Crippen molar-refractivity contribution in [2.75, 3.05) is 0 Å². The fourth-order valence-corrected chi connectivity index (χ4v) is 1.75. The second-order valence-corrected chi connectivity index (χ2v) is 4.85. The Morgan fingerprint density at radius 2 is 1.94 bits per heavy atom. The molecular formula is C15H22O. The first kappa shape index (κ1) is 13.0. The minimum atomic E-state index is 0.359. The lowest BCUT2D eigenvalue weighted by Gasteiger charge is -2.08. The quantitative estimate of drug-likeness (QED) is 0.733. The second kappa shape index (κ2) is 5.83. The first-order chi connectivity index (χ1) is 7.52. The standard InChI is InChI=1S/C15H22O/c1-5-11(2)8-15(16)10-14-7-6-12(3)13(4)9-14/h6-7,9,11H,5,8,10H2,1-4H3. The molecule has 88 valence electrons. The van der Waals surface area contributed by atoms with E-state index in [4.69, 9.17) is 0 Å². The van der Waals surface area contributed by atoms with Gasteiger partial charge in [-0.2, -0.15) is 0 Å². The highest BCUT2D eigenvalue weighted by Crippen LogP contribution is 2.13. The average Bonchev–Trinajstić information content (AvgIpc) is 2.23. The molecule has 1 aromatic rings. The van der Waals surface area contributed by atoms with E-state index in [1.165, 1.54) is 11.1 Å². The molecule has 16 heavy (non-hydrogen) atoms. The average molecular weight is 218 g/mol. The zero-order valence-corrected chi connectivity index (χ0v) is 10.8. The summed E-state index contributed by atoms with van der Waals surface area (Å²) >= 11 is 0. The number of carbonyl (C=O) groups excluding carboxylic acids is 1. The predicted molar refractivity (Wildman–Crippen MR) is 68.7 cm³/mol. The molecule has 0 spiro atoms. The van der Waals surface area contributed by atoms with Crippen LogP contribution in [0, 0.1) is 19.8 Å². The van der Waals surface area contributed by atoms with Gasteiger partial charge in [-0.05, 0) is 36.5 Å². The predicted octanol–water partition coefficient (Wildman–Crippen LogP) is 3.85. The number of aryl methyl sites for hydroxylation is 2. The van der Waals surface area contributed by atoms with E-state index in [2.05, 4.69) is 45.9 Å². The summed E-state index contributed by atoms with van der Waals surface area (Å²) < 4.78 is 0. The first-order valence-electron chi connectivity index (χ1n) is 6.10. The van der Waals surface area contributed by atoms with Crippen molar-refractivity contribution >= 4 is 5.78 Å². The molecule has 0 aliphatic heterocycles. The van der Waals surface area contributed by atoms with Gasteiger partial charge in [0.1, 0.15) is 5.78 Å². The van der Waals surface area contributed by atoms with Crippen LogP contribution >= 0.6 is 0 Å². The highest BCUT2D eigenvalue weighted by atomic mass is 16.1. The Hall–Kier alpha value is -1.11. The Morgan fingerprint density at radius 1 is 1.25 bits per heavy atom. The van der Waals surface area contributed by atoms with Crippen LogP contribution in [0.15, 0.2) is 18.2 Å². The van der Waals surface area contributed by atoms with Gasteiger partial charge in [0.15, 0.2) is 0 Å². The fraction of sp³-hybridized carbons (Fsp3) is 0.533. The van der Waals surface area contributed by atoms with Gasteiger partial charge >= 0.3 is 0 Å². The van der Waals surface area contributed by atoms with Crippen LogP contribution in [0.2, 0.25) is 0 Å². The summed E-state index contributed by atoms with van der Waals surface area (Å²) in [7, 11) is 0. The summed E-state index contributed by atoms with van der Waals surface area (Å²) in [5, 5.41) is 0. The van der Waals surface area contributed by atoms with Crippen molar-refractivity contribution in [3.63, 3.8) is 0 Å². The molecule has 1 nitrogen and oxygen atoms in total. The molecule has 1 rings (SSSR count). The molecule has 0 N–H and O–H groups in total. The molecule has 0 fully saturated rings. The van der Waals surface area contributed by atoms with Crippen molar-refractivity contribution in [2.24, 2.45) is 5.92 Å². The molecule has 0 aromatic heterocycles. The molecule has 0 aliphatic rings. The van der Waals surface area contributed by atoms with E-state index in [0.717, 1.165) is 12.0 Å². The number of hydrogen-bond donors (Lipinski definition) is 0. The summed E-state index contributed by atoms with van der Waals surface area (Å²) in [6, 6.07) is 6.29. The zero-order chi connectivity index (χ0) is 12.1. The van der Waals surface area contributed by atoms with Crippen LogP contribution in [0.25, 0.3) is 0 Å². The fourth-order valence-electron chi connectivity index (χ4n) is 1.75. The van der Waals surface area contributed by atoms with Crippen LogP contribution in [-0.2, 0) is 11.2 Å². The monoisotopic (exact) mass is 218 g/mol. The number of carbonyl (C=O) groups is 1. The minimum Gasteiger partial charge on any atom is -0.299 e. The van der Waals surface area contributed by atoms with Gasteiger partial charge < -0.3 is 0 Å². The van der Waals surface area contributed by atoms with Gasteiger partial charge in [0, 0.05) is 12.8 Å². The number of rotatable bonds is 5. The van der Waals surface area contributed by atoms with Gasteiger partial charge in [-0.3, -0.25) is 4.79 Å². The van der Waals surface area contributed by atoms with Gasteiger partial charge in [0.2, 0.25) is 0 Å². The van der Waals surface area contributed by atoms with Crippen LogP contribution < -0.4 is 0 Å². The lowest BCUT2D eigenvalue weighted by atomic mass is 9.96. The number of Topliss-reactive ketones (excluding diaryl/α,β-unsaturated/α-hetero) is 1. The Morgan fingerprint density at radius 3 is 2.50 bits per heavy atom. The first-order valence-corrected chi connectivity index (χ1v) is 6.10. The SMILES string of the molecule is CCC(C)CC(=O)Cc1ccc(C)c(C)c1. The Bertz CT molecular complexity index is 366.